The molecule has 2 N–H and O–H groups in total. The topological polar surface area (TPSA) is 57.8 Å². The van der Waals surface area contributed by atoms with Crippen LogP contribution in [0.2, 0.25) is 0 Å². The molecule has 0 radical (unpaired) electrons. The number of anilines is 1. The maximum absolute atomic E-state index is 12.4. The van der Waals surface area contributed by atoms with Crippen LogP contribution in [-0.2, 0) is 11.0 Å². The van der Waals surface area contributed by atoms with Crippen LogP contribution in [0.4, 0.5) is 19.1 Å². The van der Waals surface area contributed by atoms with Gasteiger partial charge < -0.3 is 4.98 Å². The van der Waals surface area contributed by atoms with E-state index in [0.717, 1.165) is 5.56 Å². The fourth-order valence-electron chi connectivity index (χ4n) is 1.65. The van der Waals surface area contributed by atoms with Gasteiger partial charge in [0.15, 0.2) is 0 Å². The van der Waals surface area contributed by atoms with E-state index in [9.17, 15) is 18.0 Å². The SMILES string of the molecule is CC(C(=O)Nc1ncc(C(F)(F)F)[nH]1)c1ccccc1. The summed E-state index contributed by atoms with van der Waals surface area (Å²) in [4.78, 5) is 17.4. The second kappa shape index (κ2) is 5.36. The maximum atomic E-state index is 12.4. The van der Waals surface area contributed by atoms with Crippen molar-refractivity contribution in [3.8, 4) is 0 Å². The van der Waals surface area contributed by atoms with Crippen LogP contribution in [0, 0.1) is 0 Å². The fraction of sp³-hybridized carbons (Fsp3) is 0.231. The Balaban J connectivity index is 2.07. The number of nitrogens with zero attached hydrogens (tertiary/aromatic N) is 1. The molecule has 0 aliphatic heterocycles. The molecule has 1 heterocycles. The molecule has 4 nitrogen and oxygen atoms in total. The molecular formula is C13H12F3N3O. The van der Waals surface area contributed by atoms with Crippen molar-refractivity contribution in [2.45, 2.75) is 19.0 Å². The summed E-state index contributed by atoms with van der Waals surface area (Å²) in [7, 11) is 0. The number of H-pyrrole nitrogens is 1. The van der Waals surface area contributed by atoms with Crippen molar-refractivity contribution in [1.82, 2.24) is 9.97 Å². The van der Waals surface area contributed by atoms with Crippen molar-refractivity contribution >= 4 is 11.9 Å². The molecule has 1 aromatic heterocycles. The van der Waals surface area contributed by atoms with Crippen LogP contribution < -0.4 is 5.32 Å². The number of hydrogen-bond acceptors (Lipinski definition) is 2. The molecule has 2 aromatic rings. The van der Waals surface area contributed by atoms with E-state index in [4.69, 9.17) is 0 Å². The Bertz CT molecular complexity index is 592. The van der Waals surface area contributed by atoms with E-state index >= 15 is 0 Å². The number of carbonyl (C=O) groups excluding carboxylic acids is 1. The van der Waals surface area contributed by atoms with Crippen LogP contribution in [-0.4, -0.2) is 15.9 Å². The highest BCUT2D eigenvalue weighted by Gasteiger charge is 2.33. The summed E-state index contributed by atoms with van der Waals surface area (Å²) in [5.74, 6) is -1.14. The monoisotopic (exact) mass is 283 g/mol. The third kappa shape index (κ3) is 3.17. The third-order valence-corrected chi connectivity index (χ3v) is 2.82. The lowest BCUT2D eigenvalue weighted by Gasteiger charge is -2.10. The van der Waals surface area contributed by atoms with Gasteiger partial charge in [0.25, 0.3) is 0 Å². The molecule has 1 amide bonds. The molecule has 106 valence electrons. The van der Waals surface area contributed by atoms with Gasteiger partial charge in [0.2, 0.25) is 11.9 Å². The Labute approximate surface area is 113 Å². The zero-order valence-electron chi connectivity index (χ0n) is 10.5. The van der Waals surface area contributed by atoms with E-state index < -0.39 is 23.7 Å². The predicted octanol–water partition coefficient (Wildman–Crippen LogP) is 3.17. The average molecular weight is 283 g/mol. The van der Waals surface area contributed by atoms with Gasteiger partial charge >= 0.3 is 6.18 Å². The minimum atomic E-state index is -4.51. The molecule has 7 heteroatoms. The largest absolute Gasteiger partial charge is 0.432 e. The van der Waals surface area contributed by atoms with Crippen molar-refractivity contribution in [3.05, 3.63) is 47.8 Å². The standard InChI is InChI=1S/C13H12F3N3O/c1-8(9-5-3-2-4-6-9)11(20)19-12-17-7-10(18-12)13(14,15)16/h2-8H,1H3,(H2,17,18,19,20). The van der Waals surface area contributed by atoms with E-state index in [1.165, 1.54) is 0 Å². The van der Waals surface area contributed by atoms with Gasteiger partial charge in [0.1, 0.15) is 5.69 Å². The highest BCUT2D eigenvalue weighted by atomic mass is 19.4. The normalized spacial score (nSPS) is 13.0. The molecule has 0 saturated carbocycles. The zero-order chi connectivity index (χ0) is 14.8. The third-order valence-electron chi connectivity index (χ3n) is 2.82. The van der Waals surface area contributed by atoms with Gasteiger partial charge in [-0.3, -0.25) is 10.1 Å². The lowest BCUT2D eigenvalue weighted by Crippen LogP contribution is -2.19. The Kier molecular flexibility index (Phi) is 3.78. The lowest BCUT2D eigenvalue weighted by atomic mass is 10.0. The zero-order valence-corrected chi connectivity index (χ0v) is 10.5. The number of carbonyl (C=O) groups is 1. The highest BCUT2D eigenvalue weighted by Crippen LogP contribution is 2.28. The first-order valence-electron chi connectivity index (χ1n) is 5.86. The quantitative estimate of drug-likeness (QED) is 0.909. The molecule has 0 bridgehead atoms. The number of halogens is 3. The van der Waals surface area contributed by atoms with Crippen LogP contribution in [0.25, 0.3) is 0 Å². The fourth-order valence-corrected chi connectivity index (χ4v) is 1.65. The lowest BCUT2D eigenvalue weighted by molar-refractivity contribution is -0.140. The molecule has 0 spiro atoms. The van der Waals surface area contributed by atoms with Crippen LogP contribution in [0.5, 0.6) is 0 Å². The molecule has 0 aliphatic carbocycles. The number of nitrogens with one attached hydrogen (secondary N) is 2. The van der Waals surface area contributed by atoms with Crippen molar-refractivity contribution in [2.75, 3.05) is 5.32 Å². The van der Waals surface area contributed by atoms with Gasteiger partial charge in [-0.05, 0) is 12.5 Å². The predicted molar refractivity (Wildman–Crippen MR) is 67.1 cm³/mol. The van der Waals surface area contributed by atoms with Crippen molar-refractivity contribution in [3.63, 3.8) is 0 Å². The van der Waals surface area contributed by atoms with E-state index in [-0.39, 0.29) is 5.95 Å². The van der Waals surface area contributed by atoms with Gasteiger partial charge in [-0.15, -0.1) is 0 Å². The van der Waals surface area contributed by atoms with Crippen molar-refractivity contribution < 1.29 is 18.0 Å². The molecule has 0 aliphatic rings. The summed E-state index contributed by atoms with van der Waals surface area (Å²) >= 11 is 0. The summed E-state index contributed by atoms with van der Waals surface area (Å²) in [5.41, 5.74) is -0.229. The molecule has 0 fully saturated rings. The van der Waals surface area contributed by atoms with Crippen LogP contribution in [0.1, 0.15) is 24.1 Å². The Hall–Kier alpha value is -2.31. The number of aromatic nitrogens is 2. The molecular weight excluding hydrogens is 271 g/mol. The molecule has 2 rings (SSSR count). The molecule has 1 unspecified atom stereocenters. The van der Waals surface area contributed by atoms with Gasteiger partial charge in [-0.1, -0.05) is 30.3 Å². The minimum absolute atomic E-state index is 0.217. The Morgan fingerprint density at radius 1 is 1.30 bits per heavy atom. The van der Waals surface area contributed by atoms with Crippen LogP contribution >= 0.6 is 0 Å². The van der Waals surface area contributed by atoms with Crippen LogP contribution in [0.15, 0.2) is 36.5 Å². The Morgan fingerprint density at radius 2 is 1.95 bits per heavy atom. The molecule has 1 aromatic carbocycles. The molecule has 1 atom stereocenters. The van der Waals surface area contributed by atoms with E-state index in [0.29, 0.717) is 6.20 Å². The number of alkyl halides is 3. The maximum Gasteiger partial charge on any atom is 0.432 e. The van der Waals surface area contributed by atoms with Gasteiger partial charge in [0, 0.05) is 0 Å². The highest BCUT2D eigenvalue weighted by molar-refractivity contribution is 5.94. The smallest absolute Gasteiger partial charge is 0.320 e. The van der Waals surface area contributed by atoms with Crippen molar-refractivity contribution in [1.29, 1.82) is 0 Å². The number of imidazole rings is 1. The number of amides is 1. The van der Waals surface area contributed by atoms with Gasteiger partial charge in [0.05, 0.1) is 12.1 Å². The van der Waals surface area contributed by atoms with E-state index in [1.54, 1.807) is 31.2 Å². The Morgan fingerprint density at radius 3 is 2.50 bits per heavy atom. The first-order valence-corrected chi connectivity index (χ1v) is 5.86. The summed E-state index contributed by atoms with van der Waals surface area (Å²) in [6.45, 7) is 1.66. The molecule has 0 saturated heterocycles. The average Bonchev–Trinajstić information content (AvgIpc) is 2.87. The van der Waals surface area contributed by atoms with Crippen LogP contribution in [0.3, 0.4) is 0 Å². The number of benzene rings is 1. The summed E-state index contributed by atoms with van der Waals surface area (Å²) in [6, 6.07) is 8.93. The number of rotatable bonds is 3. The minimum Gasteiger partial charge on any atom is -0.320 e. The van der Waals surface area contributed by atoms with E-state index in [2.05, 4.69) is 10.3 Å². The summed E-state index contributed by atoms with van der Waals surface area (Å²) < 4.78 is 37.1. The van der Waals surface area contributed by atoms with Gasteiger partial charge in [-0.25, -0.2) is 4.98 Å². The first-order chi connectivity index (χ1) is 9.38. The summed E-state index contributed by atoms with van der Waals surface area (Å²) in [5, 5.41) is 2.33. The summed E-state index contributed by atoms with van der Waals surface area (Å²) in [6.07, 6.45) is -3.87. The van der Waals surface area contributed by atoms with Crippen molar-refractivity contribution in [2.24, 2.45) is 0 Å². The molecule has 20 heavy (non-hydrogen) atoms. The second-order valence-electron chi connectivity index (χ2n) is 4.26. The number of hydrogen-bond donors (Lipinski definition) is 2. The second-order valence-corrected chi connectivity index (χ2v) is 4.26. The number of aromatic amines is 1. The van der Waals surface area contributed by atoms with E-state index in [1.807, 2.05) is 11.1 Å². The first kappa shape index (κ1) is 14.1. The van der Waals surface area contributed by atoms with Gasteiger partial charge in [-0.2, -0.15) is 13.2 Å².